The molecule has 1 radical (unpaired) electrons. The molecule has 0 saturated heterocycles. The van der Waals surface area contributed by atoms with E-state index in [-0.39, 0.29) is 52.1 Å². The molecule has 0 aromatic rings. The van der Waals surface area contributed by atoms with E-state index in [0.29, 0.717) is 0 Å². The second-order valence-electron chi connectivity index (χ2n) is 18.5. The molecule has 8 heteroatoms. The molecule has 0 aromatic heterocycles. The van der Waals surface area contributed by atoms with Gasteiger partial charge in [-0.15, -0.1) is 0 Å². The van der Waals surface area contributed by atoms with Gasteiger partial charge in [0.1, 0.15) is 0 Å². The van der Waals surface area contributed by atoms with Crippen LogP contribution in [-0.2, 0) is 40.6 Å². The van der Waals surface area contributed by atoms with Crippen LogP contribution in [0.15, 0.2) is 0 Å². The maximum Gasteiger partial charge on any atom is 3.00 e. The molecule has 0 fully saturated rings. The van der Waals surface area contributed by atoms with Gasteiger partial charge >= 0.3 is 26.2 Å². The first-order valence-electron chi connectivity index (χ1n) is 27.9. The number of aliphatic carboxylic acids is 3. The molecular weight excluding hydrogens is 876 g/mol. The number of carbonyl (C=O) groups is 3. The number of hydrogen-bond acceptors (Lipinski definition) is 7. The van der Waals surface area contributed by atoms with Crippen LogP contribution in [0.5, 0.6) is 0 Å². The Morgan fingerprint density at radius 3 is 0.438 bits per heavy atom. The summed E-state index contributed by atoms with van der Waals surface area (Å²) in [5.41, 5.74) is 0. The van der Waals surface area contributed by atoms with Crippen molar-refractivity contribution in [1.82, 2.24) is 0 Å². The summed E-state index contributed by atoms with van der Waals surface area (Å²) in [7, 11) is 0. The first kappa shape index (κ1) is 72.2. The van der Waals surface area contributed by atoms with E-state index in [9.17, 15) is 29.7 Å². The first-order chi connectivity index (χ1) is 30.7. The summed E-state index contributed by atoms with van der Waals surface area (Å²) in [5.74, 6) is -2.71. The van der Waals surface area contributed by atoms with Crippen molar-refractivity contribution in [3.63, 3.8) is 0 Å². The number of carboxylic acids is 3. The molecule has 7 nitrogen and oxygen atoms in total. The Labute approximate surface area is 419 Å². The van der Waals surface area contributed by atoms with Gasteiger partial charge in [0.15, 0.2) is 0 Å². The van der Waals surface area contributed by atoms with E-state index in [2.05, 4.69) is 20.8 Å². The van der Waals surface area contributed by atoms with Crippen molar-refractivity contribution in [3.8, 4) is 0 Å². The minimum atomic E-state index is -0.903. The van der Waals surface area contributed by atoms with Crippen molar-refractivity contribution >= 4 is 17.9 Å². The summed E-state index contributed by atoms with van der Waals surface area (Å²) in [4.78, 5) is 30.7. The Balaban J connectivity index is -0.000000261. The predicted octanol–water partition coefficient (Wildman–Crippen LogP) is 15.0. The van der Waals surface area contributed by atoms with Crippen LogP contribution in [0.2, 0.25) is 0 Å². The smallest absolute Gasteiger partial charge is 0.550 e. The molecule has 0 amide bonds. The van der Waals surface area contributed by atoms with Gasteiger partial charge in [0, 0.05) is 24.5 Å². The SMILES string of the molecule is CCCCCCCCCCCCCCCCCC(=O)[O-].CCCCCCCCCCCCCCCCCC(=O)[O-].CCCCCCCCCCCCCCCCCC(=O)[O-].CCO.[Zr+3]. The predicted molar refractivity (Wildman–Crippen MR) is 266 cm³/mol. The molecular formula is C56H111O7Zr. The van der Waals surface area contributed by atoms with E-state index in [1.165, 1.54) is 250 Å². The molecule has 0 heterocycles. The minimum Gasteiger partial charge on any atom is -0.550 e. The fourth-order valence-electron chi connectivity index (χ4n) is 7.92. The number of unbranched alkanes of at least 4 members (excludes halogenated alkanes) is 42. The number of aliphatic hydroxyl groups is 1. The summed E-state index contributed by atoms with van der Waals surface area (Å²) >= 11 is 0. The van der Waals surface area contributed by atoms with Crippen LogP contribution in [0.4, 0.5) is 0 Å². The number of hydrogen-bond donors (Lipinski definition) is 1. The van der Waals surface area contributed by atoms with Crippen molar-refractivity contribution in [2.45, 2.75) is 336 Å². The maximum absolute atomic E-state index is 10.2. The van der Waals surface area contributed by atoms with Crippen LogP contribution in [0.3, 0.4) is 0 Å². The van der Waals surface area contributed by atoms with E-state index >= 15 is 0 Å². The van der Waals surface area contributed by atoms with Gasteiger partial charge in [0.2, 0.25) is 0 Å². The average molecular weight is 988 g/mol. The van der Waals surface area contributed by atoms with E-state index in [4.69, 9.17) is 5.11 Å². The number of carbonyl (C=O) groups excluding carboxylic acids is 3. The Kier molecular flexibility index (Phi) is 80.4. The molecule has 0 bridgehead atoms. The number of rotatable bonds is 48. The van der Waals surface area contributed by atoms with Gasteiger partial charge in [-0.25, -0.2) is 0 Å². The zero-order valence-electron chi connectivity index (χ0n) is 43.5. The molecule has 0 aliphatic rings. The number of aliphatic hydroxyl groups excluding tert-OH is 1. The normalized spacial score (nSPS) is 10.5. The summed E-state index contributed by atoms with van der Waals surface area (Å²) in [5, 5.41) is 38.2. The van der Waals surface area contributed by atoms with Crippen molar-refractivity contribution in [2.75, 3.05) is 6.61 Å². The molecule has 0 aromatic carbocycles. The van der Waals surface area contributed by atoms with Gasteiger partial charge in [0.25, 0.3) is 0 Å². The molecule has 0 aliphatic carbocycles. The molecule has 64 heavy (non-hydrogen) atoms. The average Bonchev–Trinajstić information content (AvgIpc) is 3.25. The molecule has 1 N–H and O–H groups in total. The third-order valence-corrected chi connectivity index (χ3v) is 12.0. The zero-order chi connectivity index (χ0) is 47.4. The largest absolute Gasteiger partial charge is 3.00 e. The van der Waals surface area contributed by atoms with E-state index in [1.807, 2.05) is 0 Å². The third kappa shape index (κ3) is 88.1. The van der Waals surface area contributed by atoms with Crippen molar-refractivity contribution < 1.29 is 61.0 Å². The van der Waals surface area contributed by atoms with Gasteiger partial charge < -0.3 is 34.8 Å². The van der Waals surface area contributed by atoms with E-state index in [1.54, 1.807) is 6.92 Å². The Hall–Kier alpha value is -0.747. The number of carboxylic acid groups (broad SMARTS) is 3. The van der Waals surface area contributed by atoms with E-state index in [0.717, 1.165) is 38.5 Å². The molecule has 0 atom stereocenters. The molecule has 381 valence electrons. The molecule has 0 saturated carbocycles. The first-order valence-corrected chi connectivity index (χ1v) is 27.9. The van der Waals surface area contributed by atoms with Crippen LogP contribution < -0.4 is 15.3 Å². The zero-order valence-corrected chi connectivity index (χ0v) is 46.0. The van der Waals surface area contributed by atoms with Gasteiger partial charge in [-0.05, 0) is 45.4 Å². The van der Waals surface area contributed by atoms with E-state index < -0.39 is 17.9 Å². The second kappa shape index (κ2) is 71.3. The molecule has 0 aliphatic heterocycles. The molecule has 0 unspecified atom stereocenters. The van der Waals surface area contributed by atoms with Crippen LogP contribution in [0.25, 0.3) is 0 Å². The van der Waals surface area contributed by atoms with Crippen LogP contribution in [-0.4, -0.2) is 29.6 Å². The standard InChI is InChI=1S/3C18H36O2.C2H6O.Zr/c3*1-2-3-4-5-6-7-8-9-10-11-12-13-14-15-16-17-18(19)20;1-2-3;/h3*2-17H2,1H3,(H,19,20);3H,2H2,1H3;/q;;;;+3/p-3. The third-order valence-electron chi connectivity index (χ3n) is 12.0. The Morgan fingerprint density at radius 1 is 0.250 bits per heavy atom. The minimum absolute atomic E-state index is 0. The second-order valence-corrected chi connectivity index (χ2v) is 18.5. The molecule has 0 rings (SSSR count). The van der Waals surface area contributed by atoms with Crippen LogP contribution >= 0.6 is 0 Å². The Morgan fingerprint density at radius 2 is 0.344 bits per heavy atom. The van der Waals surface area contributed by atoms with Gasteiger partial charge in [-0.2, -0.15) is 0 Å². The van der Waals surface area contributed by atoms with Gasteiger partial charge in [-0.3, -0.25) is 0 Å². The Bertz CT molecular complexity index is 735. The van der Waals surface area contributed by atoms with Crippen molar-refractivity contribution in [3.05, 3.63) is 0 Å². The van der Waals surface area contributed by atoms with Gasteiger partial charge in [0.05, 0.1) is 0 Å². The monoisotopic (exact) mass is 986 g/mol. The maximum atomic E-state index is 10.2. The fourth-order valence-corrected chi connectivity index (χ4v) is 7.92. The summed E-state index contributed by atoms with van der Waals surface area (Å²) in [6.45, 7) is 8.73. The summed E-state index contributed by atoms with van der Waals surface area (Å²) in [6.07, 6.45) is 59.6. The quantitative estimate of drug-likeness (QED) is 0.0599. The summed E-state index contributed by atoms with van der Waals surface area (Å²) in [6, 6.07) is 0. The topological polar surface area (TPSA) is 141 Å². The van der Waals surface area contributed by atoms with Crippen molar-refractivity contribution in [2.24, 2.45) is 0 Å². The van der Waals surface area contributed by atoms with Gasteiger partial charge in [-0.1, -0.05) is 290 Å². The molecule has 0 spiro atoms. The fraction of sp³-hybridized carbons (Fsp3) is 0.946. The van der Waals surface area contributed by atoms with Crippen LogP contribution in [0, 0.1) is 0 Å². The van der Waals surface area contributed by atoms with Crippen LogP contribution in [0.1, 0.15) is 336 Å². The summed E-state index contributed by atoms with van der Waals surface area (Å²) < 4.78 is 0. The van der Waals surface area contributed by atoms with Crippen molar-refractivity contribution in [1.29, 1.82) is 0 Å².